The first kappa shape index (κ1) is 46.9. The third-order valence-electron chi connectivity index (χ3n) is 9.94. The van der Waals surface area contributed by atoms with Gasteiger partial charge in [-0.15, -0.1) is 0 Å². The molecular formula is C44H85NO3. The molecule has 0 radical (unpaired) electrons. The molecule has 0 aliphatic heterocycles. The second-order valence-corrected chi connectivity index (χ2v) is 14.8. The van der Waals surface area contributed by atoms with E-state index in [-0.39, 0.29) is 12.5 Å². The molecule has 0 fully saturated rings. The van der Waals surface area contributed by atoms with E-state index in [0.717, 1.165) is 32.1 Å². The second-order valence-electron chi connectivity index (χ2n) is 14.8. The molecule has 0 aromatic heterocycles. The maximum Gasteiger partial charge on any atom is 0.220 e. The highest BCUT2D eigenvalue weighted by Crippen LogP contribution is 2.16. The van der Waals surface area contributed by atoms with Gasteiger partial charge >= 0.3 is 0 Å². The molecule has 0 heterocycles. The summed E-state index contributed by atoms with van der Waals surface area (Å²) in [4.78, 5) is 12.3. The van der Waals surface area contributed by atoms with E-state index < -0.39 is 12.1 Å². The number of aliphatic hydroxyl groups is 2. The molecule has 2 unspecified atom stereocenters. The average molecular weight is 676 g/mol. The fourth-order valence-corrected chi connectivity index (χ4v) is 6.59. The lowest BCUT2D eigenvalue weighted by molar-refractivity contribution is -0.123. The van der Waals surface area contributed by atoms with Crippen molar-refractivity contribution in [2.45, 2.75) is 244 Å². The van der Waals surface area contributed by atoms with Crippen molar-refractivity contribution in [1.82, 2.24) is 5.32 Å². The van der Waals surface area contributed by atoms with Crippen LogP contribution < -0.4 is 5.32 Å². The van der Waals surface area contributed by atoms with Gasteiger partial charge < -0.3 is 15.5 Å². The van der Waals surface area contributed by atoms with Gasteiger partial charge in [-0.25, -0.2) is 0 Å². The number of carbonyl (C=O) groups is 1. The maximum atomic E-state index is 12.3. The van der Waals surface area contributed by atoms with E-state index in [2.05, 4.69) is 31.3 Å². The standard InChI is InChI=1S/C44H85NO3/c1-3-5-7-9-11-13-14-15-16-17-18-19-20-21-22-23-24-25-26-27-28-29-30-31-32-34-36-38-40-44(48)45-42(41-46)43(47)39-37-35-33-12-10-8-6-4-2/h10,12,37,39,42-43,46-47H,3-9,11,13-36,38,40-41H2,1-2H3,(H,45,48)/b12-10+,39-37+. The van der Waals surface area contributed by atoms with E-state index in [0.29, 0.717) is 6.42 Å². The quantitative estimate of drug-likeness (QED) is 0.0448. The van der Waals surface area contributed by atoms with Crippen LogP contribution in [0.15, 0.2) is 24.3 Å². The van der Waals surface area contributed by atoms with Gasteiger partial charge in [-0.3, -0.25) is 4.79 Å². The van der Waals surface area contributed by atoms with Crippen molar-refractivity contribution in [1.29, 1.82) is 0 Å². The minimum absolute atomic E-state index is 0.0739. The van der Waals surface area contributed by atoms with Crippen molar-refractivity contribution in [3.63, 3.8) is 0 Å². The zero-order valence-electron chi connectivity index (χ0n) is 32.5. The Labute approximate surface area is 300 Å². The number of carbonyl (C=O) groups excluding carboxylic acids is 1. The summed E-state index contributed by atoms with van der Waals surface area (Å²) in [6.07, 6.45) is 51.7. The van der Waals surface area contributed by atoms with Gasteiger partial charge in [-0.05, 0) is 25.7 Å². The summed E-state index contributed by atoms with van der Waals surface area (Å²) in [5.41, 5.74) is 0. The predicted molar refractivity (Wildman–Crippen MR) is 212 cm³/mol. The first-order chi connectivity index (χ1) is 23.7. The van der Waals surface area contributed by atoms with Gasteiger partial charge in [0.05, 0.1) is 18.8 Å². The number of unbranched alkanes of at least 4 members (excludes halogenated alkanes) is 30. The summed E-state index contributed by atoms with van der Waals surface area (Å²) in [6, 6.07) is -0.632. The number of allylic oxidation sites excluding steroid dienone is 3. The molecule has 4 heteroatoms. The van der Waals surface area contributed by atoms with Crippen LogP contribution in [0.2, 0.25) is 0 Å². The van der Waals surface area contributed by atoms with Crippen molar-refractivity contribution in [2.24, 2.45) is 0 Å². The molecule has 0 aromatic rings. The van der Waals surface area contributed by atoms with Gasteiger partial charge in [0, 0.05) is 6.42 Å². The fraction of sp³-hybridized carbons (Fsp3) is 0.886. The number of aliphatic hydroxyl groups excluding tert-OH is 2. The van der Waals surface area contributed by atoms with Gasteiger partial charge in [-0.2, -0.15) is 0 Å². The normalized spacial score (nSPS) is 13.2. The summed E-state index contributed by atoms with van der Waals surface area (Å²) >= 11 is 0. The highest BCUT2D eigenvalue weighted by Gasteiger charge is 2.17. The Kier molecular flexibility index (Phi) is 39.4. The van der Waals surface area contributed by atoms with Crippen molar-refractivity contribution in [3.8, 4) is 0 Å². The van der Waals surface area contributed by atoms with Crippen LogP contribution in [0, 0.1) is 0 Å². The summed E-state index contributed by atoms with van der Waals surface area (Å²) in [6.45, 7) is 4.24. The number of rotatable bonds is 39. The minimum Gasteiger partial charge on any atom is -0.394 e. The van der Waals surface area contributed by atoms with Crippen molar-refractivity contribution in [3.05, 3.63) is 24.3 Å². The van der Waals surface area contributed by atoms with E-state index >= 15 is 0 Å². The van der Waals surface area contributed by atoms with E-state index in [1.165, 1.54) is 180 Å². The fourth-order valence-electron chi connectivity index (χ4n) is 6.59. The number of hydrogen-bond donors (Lipinski definition) is 3. The lowest BCUT2D eigenvalue weighted by atomic mass is 10.0. The van der Waals surface area contributed by atoms with Crippen LogP contribution in [-0.4, -0.2) is 34.9 Å². The van der Waals surface area contributed by atoms with Crippen LogP contribution in [0.5, 0.6) is 0 Å². The molecule has 1 amide bonds. The van der Waals surface area contributed by atoms with Crippen LogP contribution in [0.3, 0.4) is 0 Å². The van der Waals surface area contributed by atoms with E-state index in [4.69, 9.17) is 0 Å². The SMILES string of the molecule is CCCC/C=C/CC/C=C/C(O)C(CO)NC(=O)CCCCCCCCCCCCCCCCCCCCCCCCCCCCCC. The van der Waals surface area contributed by atoms with Crippen molar-refractivity contribution in [2.75, 3.05) is 6.61 Å². The van der Waals surface area contributed by atoms with E-state index in [9.17, 15) is 15.0 Å². The van der Waals surface area contributed by atoms with Crippen LogP contribution in [0.4, 0.5) is 0 Å². The molecule has 0 aliphatic carbocycles. The molecule has 2 atom stereocenters. The second kappa shape index (κ2) is 40.3. The van der Waals surface area contributed by atoms with Crippen LogP contribution in [0.25, 0.3) is 0 Å². The Morgan fingerprint density at radius 1 is 0.479 bits per heavy atom. The van der Waals surface area contributed by atoms with E-state index in [1.54, 1.807) is 6.08 Å². The molecule has 3 N–H and O–H groups in total. The third kappa shape index (κ3) is 36.2. The molecule has 48 heavy (non-hydrogen) atoms. The largest absolute Gasteiger partial charge is 0.394 e. The summed E-state index contributed by atoms with van der Waals surface area (Å²) in [7, 11) is 0. The Morgan fingerprint density at radius 2 is 0.812 bits per heavy atom. The monoisotopic (exact) mass is 676 g/mol. The first-order valence-electron chi connectivity index (χ1n) is 21.6. The molecule has 4 nitrogen and oxygen atoms in total. The van der Waals surface area contributed by atoms with Gasteiger partial charge in [0.1, 0.15) is 0 Å². The predicted octanol–water partition coefficient (Wildman–Crippen LogP) is 13.2. The van der Waals surface area contributed by atoms with Gasteiger partial charge in [0.15, 0.2) is 0 Å². The molecule has 0 rings (SSSR count). The minimum atomic E-state index is -0.855. The molecule has 0 saturated carbocycles. The topological polar surface area (TPSA) is 69.6 Å². The zero-order chi connectivity index (χ0) is 35.0. The molecule has 284 valence electrons. The molecule has 0 aliphatic rings. The van der Waals surface area contributed by atoms with Crippen LogP contribution in [-0.2, 0) is 4.79 Å². The van der Waals surface area contributed by atoms with Gasteiger partial charge in [-0.1, -0.05) is 224 Å². The Bertz CT molecular complexity index is 691. The van der Waals surface area contributed by atoms with Crippen molar-refractivity contribution >= 4 is 5.91 Å². The molecule has 0 bridgehead atoms. The highest BCUT2D eigenvalue weighted by atomic mass is 16.3. The van der Waals surface area contributed by atoms with Gasteiger partial charge in [0.25, 0.3) is 0 Å². The average Bonchev–Trinajstić information content (AvgIpc) is 3.09. The number of nitrogens with one attached hydrogen (secondary N) is 1. The Balaban J connectivity index is 3.39. The number of hydrogen-bond acceptors (Lipinski definition) is 3. The van der Waals surface area contributed by atoms with Gasteiger partial charge in [0.2, 0.25) is 5.91 Å². The lowest BCUT2D eigenvalue weighted by Crippen LogP contribution is -2.45. The molecule has 0 saturated heterocycles. The third-order valence-corrected chi connectivity index (χ3v) is 9.94. The first-order valence-corrected chi connectivity index (χ1v) is 21.6. The molecular weight excluding hydrogens is 590 g/mol. The molecule has 0 spiro atoms. The van der Waals surface area contributed by atoms with Crippen LogP contribution in [0.1, 0.15) is 232 Å². The summed E-state index contributed by atoms with van der Waals surface area (Å²) in [5.74, 6) is -0.0739. The highest BCUT2D eigenvalue weighted by molar-refractivity contribution is 5.76. The van der Waals surface area contributed by atoms with E-state index in [1.807, 2.05) is 6.08 Å². The number of amides is 1. The lowest BCUT2D eigenvalue weighted by Gasteiger charge is -2.19. The Morgan fingerprint density at radius 3 is 1.19 bits per heavy atom. The Hall–Kier alpha value is -1.13. The van der Waals surface area contributed by atoms with Crippen LogP contribution >= 0.6 is 0 Å². The smallest absolute Gasteiger partial charge is 0.220 e. The zero-order valence-corrected chi connectivity index (χ0v) is 32.5. The maximum absolute atomic E-state index is 12.3. The molecule has 0 aromatic carbocycles. The summed E-state index contributed by atoms with van der Waals surface area (Å²) < 4.78 is 0. The van der Waals surface area contributed by atoms with Crippen molar-refractivity contribution < 1.29 is 15.0 Å². The summed E-state index contributed by atoms with van der Waals surface area (Å²) in [5, 5.41) is 22.8.